The van der Waals surface area contributed by atoms with E-state index in [4.69, 9.17) is 16.3 Å². The van der Waals surface area contributed by atoms with E-state index < -0.39 is 11.2 Å². The number of fused-ring (bicyclic) bond motifs is 1. The number of rotatable bonds is 6. The minimum atomic E-state index is -0.490. The molecule has 2 N–H and O–H groups in total. The lowest BCUT2D eigenvalue weighted by Crippen LogP contribution is -2.37. The SMILES string of the molecule is COc1cc(/C=N/Nc2nc3c(c(=O)n(C)c(=O)n3C)n2Cc2ccccc2Cl)cc(Br)c1O. The van der Waals surface area contributed by atoms with Crippen LogP contribution in [0.25, 0.3) is 11.2 Å². The van der Waals surface area contributed by atoms with Crippen molar-refractivity contribution in [3.05, 3.63) is 77.9 Å². The Morgan fingerprint density at radius 2 is 1.97 bits per heavy atom. The Balaban J connectivity index is 1.81. The minimum absolute atomic E-state index is 0.0223. The number of aromatic hydroxyl groups is 1. The average Bonchev–Trinajstić information content (AvgIpc) is 3.18. The van der Waals surface area contributed by atoms with Gasteiger partial charge in [-0.3, -0.25) is 18.5 Å². The van der Waals surface area contributed by atoms with Crippen molar-refractivity contribution in [2.24, 2.45) is 19.2 Å². The van der Waals surface area contributed by atoms with E-state index in [-0.39, 0.29) is 35.2 Å². The number of phenolic OH excluding ortho intramolecular Hbond substituents is 1. The van der Waals surface area contributed by atoms with Gasteiger partial charge in [0.2, 0.25) is 5.95 Å². The van der Waals surface area contributed by atoms with Crippen LogP contribution < -0.4 is 21.4 Å². The van der Waals surface area contributed by atoms with Crippen molar-refractivity contribution < 1.29 is 9.84 Å². The maximum absolute atomic E-state index is 13.0. The molecule has 2 aromatic heterocycles. The molecular formula is C22H20BrClN6O4. The van der Waals surface area contributed by atoms with Crippen LogP contribution in [0.15, 0.2) is 55.6 Å². The second-order valence-corrected chi connectivity index (χ2v) is 8.68. The number of nitrogens with one attached hydrogen (secondary N) is 1. The summed E-state index contributed by atoms with van der Waals surface area (Å²) in [6.45, 7) is 0.222. The fourth-order valence-corrected chi connectivity index (χ4v) is 4.13. The summed E-state index contributed by atoms with van der Waals surface area (Å²) in [7, 11) is 4.41. The standard InChI is InChI=1S/C22H20BrClN6O4/c1-28-19-17(20(32)29(2)22(28)33)30(11-13-6-4-5-7-15(13)24)21(26-19)27-25-10-12-8-14(23)18(31)16(9-12)34-3/h4-10,31H,11H2,1-3H3,(H,26,27)/b25-10+. The van der Waals surface area contributed by atoms with Gasteiger partial charge in [0.05, 0.1) is 24.3 Å². The zero-order valence-electron chi connectivity index (χ0n) is 18.4. The summed E-state index contributed by atoms with van der Waals surface area (Å²) < 4.78 is 9.56. The number of anilines is 1. The molecule has 12 heteroatoms. The Morgan fingerprint density at radius 1 is 1.24 bits per heavy atom. The Hall–Kier alpha value is -3.57. The number of methoxy groups -OCH3 is 1. The molecule has 0 saturated heterocycles. The Morgan fingerprint density at radius 3 is 2.68 bits per heavy atom. The third-order valence-corrected chi connectivity index (χ3v) is 6.26. The van der Waals surface area contributed by atoms with Gasteiger partial charge in [-0.2, -0.15) is 10.1 Å². The van der Waals surface area contributed by atoms with E-state index in [1.165, 1.54) is 24.9 Å². The van der Waals surface area contributed by atoms with Crippen LogP contribution in [-0.4, -0.2) is 37.1 Å². The highest BCUT2D eigenvalue weighted by molar-refractivity contribution is 9.10. The molecular weight excluding hydrogens is 528 g/mol. The second kappa shape index (κ2) is 9.35. The largest absolute Gasteiger partial charge is 0.503 e. The van der Waals surface area contributed by atoms with Gasteiger partial charge in [-0.15, -0.1) is 0 Å². The van der Waals surface area contributed by atoms with Gasteiger partial charge in [0.15, 0.2) is 22.7 Å². The van der Waals surface area contributed by atoms with E-state index >= 15 is 0 Å². The van der Waals surface area contributed by atoms with Crippen molar-refractivity contribution in [1.82, 2.24) is 18.7 Å². The lowest BCUT2D eigenvalue weighted by atomic mass is 10.2. The van der Waals surface area contributed by atoms with Crippen molar-refractivity contribution in [1.29, 1.82) is 0 Å². The first-order chi connectivity index (χ1) is 16.2. The van der Waals surface area contributed by atoms with Crippen molar-refractivity contribution in [3.8, 4) is 11.5 Å². The van der Waals surface area contributed by atoms with Gasteiger partial charge >= 0.3 is 5.69 Å². The Bertz CT molecular complexity index is 1560. The summed E-state index contributed by atoms with van der Waals surface area (Å²) in [5.74, 6) is 0.500. The zero-order valence-corrected chi connectivity index (χ0v) is 20.8. The average molecular weight is 548 g/mol. The van der Waals surface area contributed by atoms with Crippen LogP contribution in [0, 0.1) is 0 Å². The van der Waals surface area contributed by atoms with Crippen LogP contribution in [0.3, 0.4) is 0 Å². The van der Waals surface area contributed by atoms with Gasteiger partial charge in [0.25, 0.3) is 5.56 Å². The molecule has 0 unspecified atom stereocenters. The number of hydrogen-bond acceptors (Lipinski definition) is 7. The topological polar surface area (TPSA) is 116 Å². The normalized spacial score (nSPS) is 11.4. The molecule has 0 spiro atoms. The summed E-state index contributed by atoms with van der Waals surface area (Å²) in [6, 6.07) is 10.5. The number of hydrazone groups is 1. The third kappa shape index (κ3) is 4.19. The molecule has 0 aliphatic heterocycles. The van der Waals surface area contributed by atoms with Crippen molar-refractivity contribution >= 4 is 50.9 Å². The quantitative estimate of drug-likeness (QED) is 0.283. The highest BCUT2D eigenvalue weighted by Crippen LogP contribution is 2.34. The highest BCUT2D eigenvalue weighted by atomic mass is 79.9. The fraction of sp³-hybridized carbons (Fsp3) is 0.182. The molecule has 0 saturated carbocycles. The molecule has 0 aliphatic carbocycles. The first-order valence-electron chi connectivity index (χ1n) is 9.98. The van der Waals surface area contributed by atoms with Gasteiger partial charge in [-0.05, 0) is 45.3 Å². The fourth-order valence-electron chi connectivity index (χ4n) is 3.47. The molecule has 176 valence electrons. The number of imidazole rings is 1. The molecule has 0 amide bonds. The molecule has 2 aromatic carbocycles. The second-order valence-electron chi connectivity index (χ2n) is 7.41. The highest BCUT2D eigenvalue weighted by Gasteiger charge is 2.20. The molecule has 0 radical (unpaired) electrons. The van der Waals surface area contributed by atoms with Crippen LogP contribution in [-0.2, 0) is 20.6 Å². The maximum Gasteiger partial charge on any atom is 0.332 e. The summed E-state index contributed by atoms with van der Waals surface area (Å²) in [5, 5.41) is 14.8. The van der Waals surface area contributed by atoms with Crippen molar-refractivity contribution in [3.63, 3.8) is 0 Å². The zero-order chi connectivity index (χ0) is 24.6. The molecule has 2 heterocycles. The van der Waals surface area contributed by atoms with E-state index in [0.29, 0.717) is 15.1 Å². The summed E-state index contributed by atoms with van der Waals surface area (Å²) in [4.78, 5) is 29.9. The van der Waals surface area contributed by atoms with E-state index in [1.807, 2.05) is 18.2 Å². The lowest BCUT2D eigenvalue weighted by molar-refractivity contribution is 0.372. The molecule has 0 fully saturated rings. The van der Waals surface area contributed by atoms with Crippen molar-refractivity contribution in [2.75, 3.05) is 12.5 Å². The number of aromatic nitrogens is 4. The summed E-state index contributed by atoms with van der Waals surface area (Å²) in [6.07, 6.45) is 1.50. The number of hydrogen-bond donors (Lipinski definition) is 2. The lowest BCUT2D eigenvalue weighted by Gasteiger charge is -2.10. The summed E-state index contributed by atoms with van der Waals surface area (Å²) in [5.41, 5.74) is 3.72. The monoisotopic (exact) mass is 546 g/mol. The maximum atomic E-state index is 13.0. The van der Waals surface area contributed by atoms with E-state index in [2.05, 4.69) is 31.4 Å². The number of nitrogens with zero attached hydrogens (tertiary/aromatic N) is 5. The van der Waals surface area contributed by atoms with Gasteiger partial charge in [0, 0.05) is 19.1 Å². The number of ether oxygens (including phenoxy) is 1. The van der Waals surface area contributed by atoms with E-state index in [1.54, 1.807) is 29.8 Å². The predicted molar refractivity (Wildman–Crippen MR) is 134 cm³/mol. The first-order valence-corrected chi connectivity index (χ1v) is 11.1. The van der Waals surface area contributed by atoms with Crippen LogP contribution in [0.2, 0.25) is 5.02 Å². The molecule has 4 rings (SSSR count). The molecule has 34 heavy (non-hydrogen) atoms. The van der Waals surface area contributed by atoms with Crippen LogP contribution in [0.5, 0.6) is 11.5 Å². The molecule has 10 nitrogen and oxygen atoms in total. The number of phenols is 1. The Kier molecular flexibility index (Phi) is 6.49. The number of aryl methyl sites for hydroxylation is 1. The van der Waals surface area contributed by atoms with Crippen LogP contribution in [0.1, 0.15) is 11.1 Å². The van der Waals surface area contributed by atoms with E-state index in [0.717, 1.165) is 10.1 Å². The van der Waals surface area contributed by atoms with Crippen LogP contribution >= 0.6 is 27.5 Å². The third-order valence-electron chi connectivity index (χ3n) is 5.28. The van der Waals surface area contributed by atoms with Crippen LogP contribution in [0.4, 0.5) is 5.95 Å². The smallest absolute Gasteiger partial charge is 0.332 e. The number of benzene rings is 2. The molecule has 0 bridgehead atoms. The molecule has 4 aromatic rings. The van der Waals surface area contributed by atoms with Gasteiger partial charge in [-0.1, -0.05) is 29.8 Å². The molecule has 0 atom stereocenters. The summed E-state index contributed by atoms with van der Waals surface area (Å²) >= 11 is 9.63. The van der Waals surface area contributed by atoms with E-state index in [9.17, 15) is 14.7 Å². The Labute approximate surface area is 206 Å². The molecule has 0 aliphatic rings. The van der Waals surface area contributed by atoms with Crippen molar-refractivity contribution in [2.45, 2.75) is 6.54 Å². The van der Waals surface area contributed by atoms with Gasteiger partial charge < -0.3 is 9.84 Å². The minimum Gasteiger partial charge on any atom is -0.503 e. The predicted octanol–water partition coefficient (Wildman–Crippen LogP) is 3.06. The van der Waals surface area contributed by atoms with Gasteiger partial charge in [-0.25, -0.2) is 10.2 Å². The first kappa shape index (κ1) is 23.6. The number of halogens is 2. The van der Waals surface area contributed by atoms with Gasteiger partial charge in [0.1, 0.15) is 0 Å².